The summed E-state index contributed by atoms with van der Waals surface area (Å²) < 4.78 is 26.4. The van der Waals surface area contributed by atoms with Crippen LogP contribution in [-0.4, -0.2) is 60.0 Å². The SMILES string of the molecule is Nc1nnc(S(=O)(=O)N2CCN3CCCCC3C2)s1. The first kappa shape index (κ1) is 13.2. The fourth-order valence-electron chi connectivity index (χ4n) is 2.78. The lowest BCUT2D eigenvalue weighted by molar-refractivity contribution is 0.0851. The van der Waals surface area contributed by atoms with Gasteiger partial charge in [0.15, 0.2) is 0 Å². The maximum absolute atomic E-state index is 12.4. The Morgan fingerprint density at radius 3 is 2.79 bits per heavy atom. The van der Waals surface area contributed by atoms with Gasteiger partial charge in [-0.15, -0.1) is 10.2 Å². The Balaban J connectivity index is 1.79. The molecule has 2 aliphatic heterocycles. The molecule has 3 heterocycles. The Morgan fingerprint density at radius 2 is 2.05 bits per heavy atom. The number of nitrogens with two attached hydrogens (primary N) is 1. The lowest BCUT2D eigenvalue weighted by atomic mass is 10.0. The summed E-state index contributed by atoms with van der Waals surface area (Å²) in [7, 11) is -3.52. The molecule has 1 unspecified atom stereocenters. The van der Waals surface area contributed by atoms with Crippen LogP contribution in [0, 0.1) is 0 Å². The van der Waals surface area contributed by atoms with Gasteiger partial charge >= 0.3 is 0 Å². The molecule has 0 spiro atoms. The first-order chi connectivity index (χ1) is 9.07. The summed E-state index contributed by atoms with van der Waals surface area (Å²) in [6.07, 6.45) is 3.47. The van der Waals surface area contributed by atoms with E-state index >= 15 is 0 Å². The number of anilines is 1. The van der Waals surface area contributed by atoms with E-state index in [4.69, 9.17) is 5.73 Å². The molecule has 106 valence electrons. The van der Waals surface area contributed by atoms with Gasteiger partial charge in [0.1, 0.15) is 0 Å². The summed E-state index contributed by atoms with van der Waals surface area (Å²) in [5, 5.41) is 7.45. The summed E-state index contributed by atoms with van der Waals surface area (Å²) in [6.45, 7) is 2.97. The molecule has 9 heteroatoms. The van der Waals surface area contributed by atoms with Crippen molar-refractivity contribution in [2.45, 2.75) is 29.6 Å². The lowest BCUT2D eigenvalue weighted by Gasteiger charge is -2.43. The molecule has 1 atom stereocenters. The van der Waals surface area contributed by atoms with Crippen molar-refractivity contribution >= 4 is 26.5 Å². The van der Waals surface area contributed by atoms with E-state index in [0.717, 1.165) is 30.8 Å². The highest BCUT2D eigenvalue weighted by Crippen LogP contribution is 2.26. The predicted octanol–water partition coefficient (Wildman–Crippen LogP) is -0.0209. The second kappa shape index (κ2) is 4.97. The van der Waals surface area contributed by atoms with E-state index in [-0.39, 0.29) is 9.47 Å². The minimum atomic E-state index is -3.52. The monoisotopic (exact) mass is 303 g/mol. The van der Waals surface area contributed by atoms with Crippen LogP contribution in [0.3, 0.4) is 0 Å². The van der Waals surface area contributed by atoms with Gasteiger partial charge in [-0.3, -0.25) is 4.90 Å². The molecule has 19 heavy (non-hydrogen) atoms. The number of aromatic nitrogens is 2. The second-order valence-corrected chi connectivity index (χ2v) is 8.08. The molecule has 1 aromatic rings. The third kappa shape index (κ3) is 2.47. The van der Waals surface area contributed by atoms with Crippen LogP contribution in [0.25, 0.3) is 0 Å². The molecule has 0 bridgehead atoms. The molecular formula is C10H17N5O2S2. The quantitative estimate of drug-likeness (QED) is 0.825. The normalized spacial score (nSPS) is 26.2. The number of fused-ring (bicyclic) bond motifs is 1. The number of nitrogen functional groups attached to an aromatic ring is 1. The summed E-state index contributed by atoms with van der Waals surface area (Å²) >= 11 is 0.930. The fraction of sp³-hybridized carbons (Fsp3) is 0.800. The van der Waals surface area contributed by atoms with Gasteiger partial charge < -0.3 is 5.73 Å². The predicted molar refractivity (Wildman–Crippen MR) is 72.3 cm³/mol. The third-order valence-corrected chi connectivity index (χ3v) is 6.75. The lowest BCUT2D eigenvalue weighted by Crippen LogP contribution is -2.56. The van der Waals surface area contributed by atoms with Crippen LogP contribution < -0.4 is 5.73 Å². The van der Waals surface area contributed by atoms with Crippen LogP contribution >= 0.6 is 11.3 Å². The van der Waals surface area contributed by atoms with Crippen molar-refractivity contribution in [3.63, 3.8) is 0 Å². The number of piperidine rings is 1. The van der Waals surface area contributed by atoms with Crippen LogP contribution in [-0.2, 0) is 10.0 Å². The first-order valence-corrected chi connectivity index (χ1v) is 8.66. The van der Waals surface area contributed by atoms with Gasteiger partial charge in [0.05, 0.1) is 0 Å². The summed E-state index contributed by atoms with van der Waals surface area (Å²) in [4.78, 5) is 2.39. The molecule has 2 N–H and O–H groups in total. The zero-order chi connectivity index (χ0) is 13.5. The van der Waals surface area contributed by atoms with Crippen molar-refractivity contribution in [2.75, 3.05) is 31.9 Å². The molecule has 1 aromatic heterocycles. The van der Waals surface area contributed by atoms with Gasteiger partial charge in [0.25, 0.3) is 10.0 Å². The molecule has 0 radical (unpaired) electrons. The van der Waals surface area contributed by atoms with Gasteiger partial charge in [-0.2, -0.15) is 4.31 Å². The highest BCUT2D eigenvalue weighted by Gasteiger charge is 2.36. The maximum Gasteiger partial charge on any atom is 0.272 e. The largest absolute Gasteiger partial charge is 0.374 e. The number of piperazine rings is 1. The fourth-order valence-corrected chi connectivity index (χ4v) is 5.17. The van der Waals surface area contributed by atoms with Crippen molar-refractivity contribution in [1.29, 1.82) is 0 Å². The highest BCUT2D eigenvalue weighted by atomic mass is 32.2. The molecule has 7 nitrogen and oxygen atoms in total. The Bertz CT molecular complexity index is 558. The summed E-state index contributed by atoms with van der Waals surface area (Å²) in [5.74, 6) is 0. The van der Waals surface area contributed by atoms with Gasteiger partial charge in [0, 0.05) is 25.7 Å². The van der Waals surface area contributed by atoms with Gasteiger partial charge in [-0.05, 0) is 19.4 Å². The van der Waals surface area contributed by atoms with Crippen LogP contribution in [0.15, 0.2) is 4.34 Å². The van der Waals surface area contributed by atoms with Gasteiger partial charge in [-0.25, -0.2) is 8.42 Å². The molecule has 2 aliphatic rings. The molecule has 0 aromatic carbocycles. The van der Waals surface area contributed by atoms with Crippen molar-refractivity contribution in [2.24, 2.45) is 0 Å². The van der Waals surface area contributed by atoms with Crippen molar-refractivity contribution < 1.29 is 8.42 Å². The number of sulfonamides is 1. The Morgan fingerprint density at radius 1 is 1.21 bits per heavy atom. The average molecular weight is 303 g/mol. The van der Waals surface area contributed by atoms with Crippen LogP contribution in [0.4, 0.5) is 5.13 Å². The standard InChI is InChI=1S/C10H17N5O2S2/c11-9-12-13-10(18-9)19(16,17)15-6-5-14-4-2-1-3-8(14)7-15/h8H,1-7H2,(H2,11,12). The minimum Gasteiger partial charge on any atom is -0.374 e. The Kier molecular flexibility index (Phi) is 3.46. The van der Waals surface area contributed by atoms with Crippen molar-refractivity contribution in [3.8, 4) is 0 Å². The van der Waals surface area contributed by atoms with E-state index in [1.165, 1.54) is 17.1 Å². The van der Waals surface area contributed by atoms with Gasteiger partial charge in [0.2, 0.25) is 9.47 Å². The maximum atomic E-state index is 12.4. The number of nitrogens with zero attached hydrogens (tertiary/aromatic N) is 4. The third-order valence-electron chi connectivity index (χ3n) is 3.78. The van der Waals surface area contributed by atoms with Crippen molar-refractivity contribution in [1.82, 2.24) is 19.4 Å². The van der Waals surface area contributed by atoms with E-state index in [9.17, 15) is 8.42 Å². The zero-order valence-corrected chi connectivity index (χ0v) is 12.2. The molecule has 0 aliphatic carbocycles. The van der Waals surface area contributed by atoms with E-state index in [2.05, 4.69) is 15.1 Å². The number of hydrogen-bond donors (Lipinski definition) is 1. The second-order valence-electron chi connectivity index (χ2n) is 4.95. The molecule has 0 amide bonds. The van der Waals surface area contributed by atoms with E-state index in [1.54, 1.807) is 0 Å². The summed E-state index contributed by atoms with van der Waals surface area (Å²) in [6, 6.07) is 0.350. The molecule has 0 saturated carbocycles. The van der Waals surface area contributed by atoms with Gasteiger partial charge in [-0.1, -0.05) is 17.8 Å². The smallest absolute Gasteiger partial charge is 0.272 e. The number of hydrogen-bond acceptors (Lipinski definition) is 7. The minimum absolute atomic E-state index is 0.00857. The van der Waals surface area contributed by atoms with Crippen molar-refractivity contribution in [3.05, 3.63) is 0 Å². The molecule has 2 fully saturated rings. The van der Waals surface area contributed by atoms with E-state index in [1.807, 2.05) is 0 Å². The Hall–Kier alpha value is -0.770. The van der Waals surface area contributed by atoms with E-state index < -0.39 is 10.0 Å². The van der Waals surface area contributed by atoms with Crippen LogP contribution in [0.1, 0.15) is 19.3 Å². The topological polar surface area (TPSA) is 92.4 Å². The molecule has 2 saturated heterocycles. The number of rotatable bonds is 2. The molecule has 3 rings (SSSR count). The average Bonchev–Trinajstić information content (AvgIpc) is 2.85. The Labute approximate surface area is 116 Å². The highest BCUT2D eigenvalue weighted by molar-refractivity contribution is 7.91. The summed E-state index contributed by atoms with van der Waals surface area (Å²) in [5.41, 5.74) is 5.46. The zero-order valence-electron chi connectivity index (χ0n) is 10.5. The van der Waals surface area contributed by atoms with Crippen LogP contribution in [0.2, 0.25) is 0 Å². The first-order valence-electron chi connectivity index (χ1n) is 6.40. The van der Waals surface area contributed by atoms with Crippen LogP contribution in [0.5, 0.6) is 0 Å². The molecular weight excluding hydrogens is 286 g/mol. The van der Waals surface area contributed by atoms with E-state index in [0.29, 0.717) is 19.1 Å².